The molecule has 1 aromatic rings. The van der Waals surface area contributed by atoms with Gasteiger partial charge >= 0.3 is 29.6 Å². The van der Waals surface area contributed by atoms with Crippen LogP contribution < -0.4 is 5.32 Å². The first-order valence-corrected chi connectivity index (χ1v) is 4.42. The molecule has 3 nitrogen and oxygen atoms in total. The van der Waals surface area contributed by atoms with Crippen molar-refractivity contribution in [2.75, 3.05) is 5.32 Å². The van der Waals surface area contributed by atoms with Crippen molar-refractivity contribution in [2.24, 2.45) is 0 Å². The third-order valence-corrected chi connectivity index (χ3v) is 2.59. The summed E-state index contributed by atoms with van der Waals surface area (Å²) in [5, 5.41) is 2.49. The second-order valence-electron chi connectivity index (χ2n) is 2.45. The summed E-state index contributed by atoms with van der Waals surface area (Å²) < 4.78 is 0.813. The number of halogens is 1. The van der Waals surface area contributed by atoms with Crippen LogP contribution in [0.1, 0.15) is 10.4 Å². The summed E-state index contributed by atoms with van der Waals surface area (Å²) in [4.78, 5) is 22.1. The number of rotatable bonds is 0. The molecule has 0 fully saturated rings. The van der Waals surface area contributed by atoms with Crippen LogP contribution >= 0.6 is 22.6 Å². The average molecular weight is 297 g/mol. The fourth-order valence-electron chi connectivity index (χ4n) is 1.15. The van der Waals surface area contributed by atoms with Gasteiger partial charge in [-0.2, -0.15) is 0 Å². The number of nitrogens with one attached hydrogen (secondary N) is 1. The van der Waals surface area contributed by atoms with E-state index in [1.807, 2.05) is 22.6 Å². The molecule has 0 aromatic heterocycles. The SMILES string of the molecule is O=C1Nc2cccc(I)c2C1=O.[NaH]. The fourth-order valence-corrected chi connectivity index (χ4v) is 1.89. The Morgan fingerprint density at radius 3 is 2.54 bits per heavy atom. The van der Waals surface area contributed by atoms with Crippen LogP contribution in [0.5, 0.6) is 0 Å². The number of anilines is 1. The first-order valence-electron chi connectivity index (χ1n) is 3.34. The van der Waals surface area contributed by atoms with Gasteiger partial charge in [-0.15, -0.1) is 0 Å². The van der Waals surface area contributed by atoms with Crippen LogP contribution in [0.3, 0.4) is 0 Å². The first kappa shape index (κ1) is 11.2. The molecule has 0 saturated heterocycles. The Morgan fingerprint density at radius 1 is 1.23 bits per heavy atom. The van der Waals surface area contributed by atoms with Gasteiger partial charge < -0.3 is 5.32 Å². The van der Waals surface area contributed by atoms with Crippen molar-refractivity contribution in [3.05, 3.63) is 27.3 Å². The van der Waals surface area contributed by atoms with Gasteiger partial charge in [0, 0.05) is 3.57 Å². The molecular weight excluding hydrogens is 292 g/mol. The van der Waals surface area contributed by atoms with Gasteiger partial charge in [0.25, 0.3) is 11.7 Å². The van der Waals surface area contributed by atoms with Crippen molar-refractivity contribution in [3.63, 3.8) is 0 Å². The minimum atomic E-state index is -0.533. The number of hydrogen-bond donors (Lipinski definition) is 1. The normalized spacial score (nSPS) is 13.3. The first-order chi connectivity index (χ1) is 5.70. The van der Waals surface area contributed by atoms with Gasteiger partial charge in [-0.25, -0.2) is 0 Å². The van der Waals surface area contributed by atoms with Crippen molar-refractivity contribution in [2.45, 2.75) is 0 Å². The Kier molecular flexibility index (Phi) is 3.50. The number of hydrogen-bond acceptors (Lipinski definition) is 2. The van der Waals surface area contributed by atoms with Crippen molar-refractivity contribution < 1.29 is 9.59 Å². The molecule has 0 atom stereocenters. The number of Topliss-reactive ketones (excluding diaryl/α,β-unsaturated/α-hetero) is 1. The molecule has 1 aliphatic heterocycles. The Morgan fingerprint density at radius 2 is 1.92 bits per heavy atom. The summed E-state index contributed by atoms with van der Waals surface area (Å²) in [5.41, 5.74) is 1.13. The molecule has 5 heteroatoms. The quantitative estimate of drug-likeness (QED) is 0.437. The maximum absolute atomic E-state index is 11.2. The molecule has 0 saturated carbocycles. The summed E-state index contributed by atoms with van der Waals surface area (Å²) in [5.74, 6) is -0.968. The Balaban J connectivity index is 0.000000845. The van der Waals surface area contributed by atoms with E-state index >= 15 is 0 Å². The monoisotopic (exact) mass is 297 g/mol. The van der Waals surface area contributed by atoms with Gasteiger partial charge in [0.2, 0.25) is 0 Å². The van der Waals surface area contributed by atoms with Gasteiger partial charge in [0.1, 0.15) is 0 Å². The topological polar surface area (TPSA) is 46.2 Å². The second-order valence-corrected chi connectivity index (χ2v) is 3.61. The number of carbonyl (C=O) groups excluding carboxylic acids is 2. The standard InChI is InChI=1S/C8H4INO2.Na.H/c9-4-2-1-3-5-6(4)7(11)8(12)10-5;;/h1-3H,(H,10,11,12);;. The zero-order chi connectivity index (χ0) is 8.72. The summed E-state index contributed by atoms with van der Waals surface area (Å²) in [6, 6.07) is 5.33. The third kappa shape index (κ3) is 1.81. The molecule has 1 N–H and O–H groups in total. The van der Waals surface area contributed by atoms with E-state index in [0.717, 1.165) is 3.57 Å². The fraction of sp³-hybridized carbons (Fsp3) is 0. The molecule has 0 spiro atoms. The zero-order valence-electron chi connectivity index (χ0n) is 5.93. The van der Waals surface area contributed by atoms with E-state index < -0.39 is 11.7 Å². The number of ketones is 1. The van der Waals surface area contributed by atoms with Crippen LogP contribution in [0.2, 0.25) is 0 Å². The maximum atomic E-state index is 11.2. The predicted molar refractivity (Wildman–Crippen MR) is 59.3 cm³/mol. The van der Waals surface area contributed by atoms with E-state index in [-0.39, 0.29) is 29.6 Å². The van der Waals surface area contributed by atoms with Gasteiger partial charge in [0.15, 0.2) is 0 Å². The number of carbonyl (C=O) groups is 2. The van der Waals surface area contributed by atoms with E-state index in [1.54, 1.807) is 18.2 Å². The van der Waals surface area contributed by atoms with E-state index in [2.05, 4.69) is 5.32 Å². The van der Waals surface area contributed by atoms with Crippen LogP contribution in [0.15, 0.2) is 18.2 Å². The molecule has 0 aliphatic carbocycles. The molecule has 1 amide bonds. The zero-order valence-corrected chi connectivity index (χ0v) is 8.08. The summed E-state index contributed by atoms with van der Waals surface area (Å²) in [6.45, 7) is 0. The second kappa shape index (κ2) is 4.08. The molecule has 0 unspecified atom stereocenters. The average Bonchev–Trinajstić information content (AvgIpc) is 2.29. The van der Waals surface area contributed by atoms with Crippen LogP contribution in [0, 0.1) is 3.57 Å². The minimum absolute atomic E-state index is 0. The summed E-state index contributed by atoms with van der Waals surface area (Å²) in [6.07, 6.45) is 0. The Bertz CT molecular complexity index is 392. The van der Waals surface area contributed by atoms with Gasteiger partial charge in [-0.1, -0.05) is 6.07 Å². The van der Waals surface area contributed by atoms with Crippen LogP contribution in [0.4, 0.5) is 5.69 Å². The van der Waals surface area contributed by atoms with Crippen molar-refractivity contribution in [1.82, 2.24) is 0 Å². The molecule has 2 rings (SSSR count). The van der Waals surface area contributed by atoms with Gasteiger partial charge in [0.05, 0.1) is 11.3 Å². The van der Waals surface area contributed by atoms with E-state index in [4.69, 9.17) is 0 Å². The Labute approximate surface area is 111 Å². The molecule has 1 aliphatic rings. The summed E-state index contributed by atoms with van der Waals surface area (Å²) >= 11 is 2.04. The van der Waals surface area contributed by atoms with Gasteiger partial charge in [-0.05, 0) is 34.7 Å². The van der Waals surface area contributed by atoms with E-state index in [0.29, 0.717) is 11.3 Å². The van der Waals surface area contributed by atoms with Crippen molar-refractivity contribution >= 4 is 69.5 Å². The van der Waals surface area contributed by atoms with E-state index in [1.165, 1.54) is 0 Å². The van der Waals surface area contributed by atoms with Crippen LogP contribution in [-0.2, 0) is 4.79 Å². The van der Waals surface area contributed by atoms with Crippen LogP contribution in [0.25, 0.3) is 0 Å². The van der Waals surface area contributed by atoms with Gasteiger partial charge in [-0.3, -0.25) is 9.59 Å². The Hall–Kier alpha value is 0.0900. The molecule has 1 heterocycles. The number of amides is 1. The van der Waals surface area contributed by atoms with Crippen molar-refractivity contribution in [3.8, 4) is 0 Å². The van der Waals surface area contributed by atoms with Crippen LogP contribution in [-0.4, -0.2) is 41.2 Å². The molecular formula is C8H5INNaO2. The number of benzene rings is 1. The predicted octanol–water partition coefficient (Wildman–Crippen LogP) is 0.777. The molecule has 0 bridgehead atoms. The summed E-state index contributed by atoms with van der Waals surface area (Å²) in [7, 11) is 0. The van der Waals surface area contributed by atoms with E-state index in [9.17, 15) is 9.59 Å². The van der Waals surface area contributed by atoms with Crippen molar-refractivity contribution in [1.29, 1.82) is 0 Å². The number of fused-ring (bicyclic) bond motifs is 1. The molecule has 1 aromatic carbocycles. The molecule has 13 heavy (non-hydrogen) atoms. The third-order valence-electron chi connectivity index (χ3n) is 1.70. The molecule has 0 radical (unpaired) electrons. The molecule has 62 valence electrons.